The Morgan fingerprint density at radius 2 is 1.79 bits per heavy atom. The van der Waals surface area contributed by atoms with E-state index in [0.717, 1.165) is 10.7 Å². The van der Waals surface area contributed by atoms with Gasteiger partial charge in [-0.15, -0.1) is 0 Å². The molecule has 0 fully saturated rings. The molecule has 0 bridgehead atoms. The fourth-order valence-corrected chi connectivity index (χ4v) is 2.65. The zero-order valence-electron chi connectivity index (χ0n) is 14.6. The molecule has 1 aromatic heterocycles. The van der Waals surface area contributed by atoms with Crippen LogP contribution in [0.5, 0.6) is 0 Å². The Morgan fingerprint density at radius 3 is 2.36 bits per heavy atom. The highest BCUT2D eigenvalue weighted by Gasteiger charge is 2.35. The zero-order valence-corrected chi connectivity index (χ0v) is 15.4. The molecular formula is C19H15ClF3N3O2. The van der Waals surface area contributed by atoms with Gasteiger partial charge in [0.25, 0.3) is 5.91 Å². The number of aromatic nitrogens is 2. The van der Waals surface area contributed by atoms with Gasteiger partial charge in [0, 0.05) is 23.4 Å². The van der Waals surface area contributed by atoms with Gasteiger partial charge in [-0.05, 0) is 54.6 Å². The summed E-state index contributed by atoms with van der Waals surface area (Å²) in [6, 6.07) is 13.6. The van der Waals surface area contributed by atoms with Crippen molar-refractivity contribution in [3.05, 3.63) is 76.6 Å². The molecule has 0 saturated carbocycles. The maximum absolute atomic E-state index is 13.0. The van der Waals surface area contributed by atoms with Gasteiger partial charge in [0.2, 0.25) is 0 Å². The van der Waals surface area contributed by atoms with Crippen molar-refractivity contribution in [1.29, 1.82) is 0 Å². The highest BCUT2D eigenvalue weighted by Crippen LogP contribution is 2.30. The molecule has 0 atom stereocenters. The lowest BCUT2D eigenvalue weighted by Crippen LogP contribution is -2.12. The van der Waals surface area contributed by atoms with Gasteiger partial charge >= 0.3 is 6.18 Å². The molecular weight excluding hydrogens is 395 g/mol. The summed E-state index contributed by atoms with van der Waals surface area (Å²) in [4.78, 5) is 12.2. The van der Waals surface area contributed by atoms with Gasteiger partial charge in [0.1, 0.15) is 0 Å². The summed E-state index contributed by atoms with van der Waals surface area (Å²) in [5.41, 5.74) is 0.581. The Labute approximate surface area is 163 Å². The van der Waals surface area contributed by atoms with Gasteiger partial charge in [-0.1, -0.05) is 11.6 Å². The normalized spacial score (nSPS) is 11.5. The van der Waals surface area contributed by atoms with E-state index in [1.165, 1.54) is 7.11 Å². The van der Waals surface area contributed by atoms with Crippen LogP contribution >= 0.6 is 11.6 Å². The predicted octanol–water partition coefficient (Wildman–Crippen LogP) is 4.94. The molecule has 0 aliphatic rings. The summed E-state index contributed by atoms with van der Waals surface area (Å²) >= 11 is 5.80. The summed E-state index contributed by atoms with van der Waals surface area (Å²) in [5.74, 6) is -0.331. The van der Waals surface area contributed by atoms with E-state index in [1.54, 1.807) is 48.5 Å². The van der Waals surface area contributed by atoms with E-state index >= 15 is 0 Å². The van der Waals surface area contributed by atoms with Crippen molar-refractivity contribution in [1.82, 2.24) is 9.78 Å². The second kappa shape index (κ2) is 8.04. The van der Waals surface area contributed by atoms with Crippen LogP contribution in [0.25, 0.3) is 5.69 Å². The Kier molecular flexibility index (Phi) is 5.71. The van der Waals surface area contributed by atoms with Crippen LogP contribution in [-0.2, 0) is 17.5 Å². The van der Waals surface area contributed by atoms with Gasteiger partial charge in [0.15, 0.2) is 5.69 Å². The van der Waals surface area contributed by atoms with Crippen molar-refractivity contribution in [2.45, 2.75) is 12.8 Å². The maximum atomic E-state index is 13.0. The summed E-state index contributed by atoms with van der Waals surface area (Å²) in [7, 11) is 1.39. The first-order chi connectivity index (χ1) is 13.3. The molecule has 0 radical (unpaired) electrons. The Hall–Kier alpha value is -2.84. The second-order valence-corrected chi connectivity index (χ2v) is 6.31. The number of methoxy groups -OCH3 is 1. The van der Waals surface area contributed by atoms with E-state index < -0.39 is 11.9 Å². The van der Waals surface area contributed by atoms with Crippen molar-refractivity contribution < 1.29 is 22.7 Å². The van der Waals surface area contributed by atoms with Crippen molar-refractivity contribution >= 4 is 23.2 Å². The molecule has 9 heteroatoms. The third kappa shape index (κ3) is 4.52. The zero-order chi connectivity index (χ0) is 20.3. The number of anilines is 1. The summed E-state index contributed by atoms with van der Waals surface area (Å²) in [6.07, 6.45) is -4.56. The molecule has 146 valence electrons. The minimum Gasteiger partial charge on any atom is -0.378 e. The Morgan fingerprint density at radius 1 is 1.14 bits per heavy atom. The van der Waals surface area contributed by atoms with E-state index in [0.29, 0.717) is 22.0 Å². The topological polar surface area (TPSA) is 56.1 Å². The number of nitrogens with zero attached hydrogens (tertiary/aromatic N) is 2. The van der Waals surface area contributed by atoms with E-state index in [2.05, 4.69) is 10.4 Å². The molecule has 1 N–H and O–H groups in total. The predicted molar refractivity (Wildman–Crippen MR) is 98.7 cm³/mol. The van der Waals surface area contributed by atoms with Crippen molar-refractivity contribution in [3.8, 4) is 5.69 Å². The number of ether oxygens (including phenoxy) is 1. The van der Waals surface area contributed by atoms with Gasteiger partial charge in [-0.25, -0.2) is 4.68 Å². The lowest BCUT2D eigenvalue weighted by molar-refractivity contribution is -0.141. The van der Waals surface area contributed by atoms with Crippen LogP contribution in [0.1, 0.15) is 21.7 Å². The Bertz CT molecular complexity index is 968. The molecule has 3 aromatic rings. The molecule has 0 unspecified atom stereocenters. The van der Waals surface area contributed by atoms with Crippen LogP contribution in [0.3, 0.4) is 0 Å². The highest BCUT2D eigenvalue weighted by atomic mass is 35.5. The van der Waals surface area contributed by atoms with Crippen LogP contribution in [-0.4, -0.2) is 22.8 Å². The molecule has 1 heterocycles. The maximum Gasteiger partial charge on any atom is 0.435 e. The molecule has 0 aliphatic heterocycles. The number of carbonyl (C=O) groups excluding carboxylic acids is 1. The van der Waals surface area contributed by atoms with Crippen LogP contribution in [0.15, 0.2) is 54.6 Å². The first kappa shape index (κ1) is 19.9. The van der Waals surface area contributed by atoms with E-state index in [1.807, 2.05) is 0 Å². The standard InChI is InChI=1S/C19H15ClF3N3O2/c1-28-11-16-10-17(19(21,22)23)25-26(16)15-8-6-14(7-9-15)24-18(27)12-2-4-13(20)5-3-12/h2-10H,11H2,1H3,(H,24,27). The van der Waals surface area contributed by atoms with E-state index in [-0.39, 0.29) is 18.2 Å². The SMILES string of the molecule is COCc1cc(C(F)(F)F)nn1-c1ccc(NC(=O)c2ccc(Cl)cc2)cc1. The van der Waals surface area contributed by atoms with Gasteiger partial charge in [-0.3, -0.25) is 4.79 Å². The number of nitrogens with one attached hydrogen (secondary N) is 1. The number of rotatable bonds is 5. The average molecular weight is 410 g/mol. The summed E-state index contributed by atoms with van der Waals surface area (Å²) in [6.45, 7) is -0.0296. The fourth-order valence-electron chi connectivity index (χ4n) is 2.52. The second-order valence-electron chi connectivity index (χ2n) is 5.87. The monoisotopic (exact) mass is 409 g/mol. The molecule has 5 nitrogen and oxygen atoms in total. The molecule has 28 heavy (non-hydrogen) atoms. The number of amides is 1. The van der Waals surface area contributed by atoms with Crippen LogP contribution < -0.4 is 5.32 Å². The summed E-state index contributed by atoms with van der Waals surface area (Å²) in [5, 5.41) is 6.86. The fraction of sp³-hybridized carbons (Fsp3) is 0.158. The van der Waals surface area contributed by atoms with Gasteiger partial charge < -0.3 is 10.1 Å². The lowest BCUT2D eigenvalue weighted by atomic mass is 10.2. The smallest absolute Gasteiger partial charge is 0.378 e. The largest absolute Gasteiger partial charge is 0.435 e. The Balaban J connectivity index is 1.81. The number of carbonyl (C=O) groups is 1. The van der Waals surface area contributed by atoms with Gasteiger partial charge in [-0.2, -0.15) is 18.3 Å². The number of hydrogen-bond acceptors (Lipinski definition) is 3. The average Bonchev–Trinajstić information content (AvgIpc) is 3.07. The van der Waals surface area contributed by atoms with E-state index in [4.69, 9.17) is 16.3 Å². The van der Waals surface area contributed by atoms with Crippen LogP contribution in [0.4, 0.5) is 18.9 Å². The van der Waals surface area contributed by atoms with Crippen LogP contribution in [0, 0.1) is 0 Å². The number of alkyl halides is 3. The highest BCUT2D eigenvalue weighted by molar-refractivity contribution is 6.30. The quantitative estimate of drug-likeness (QED) is 0.649. The molecule has 0 saturated heterocycles. The minimum atomic E-state index is -4.56. The van der Waals surface area contributed by atoms with Crippen LogP contribution in [0.2, 0.25) is 5.02 Å². The summed E-state index contributed by atoms with van der Waals surface area (Å²) < 4.78 is 45.0. The molecule has 0 aliphatic carbocycles. The molecule has 0 spiro atoms. The minimum absolute atomic E-state index is 0.0296. The van der Waals surface area contributed by atoms with Crippen molar-refractivity contribution in [2.24, 2.45) is 0 Å². The molecule has 3 rings (SSSR count). The first-order valence-electron chi connectivity index (χ1n) is 8.10. The van der Waals surface area contributed by atoms with E-state index in [9.17, 15) is 18.0 Å². The third-order valence-corrected chi connectivity index (χ3v) is 4.09. The number of hydrogen-bond donors (Lipinski definition) is 1. The number of benzene rings is 2. The van der Waals surface area contributed by atoms with Crippen molar-refractivity contribution in [2.75, 3.05) is 12.4 Å². The molecule has 1 amide bonds. The number of halogens is 4. The van der Waals surface area contributed by atoms with Crippen molar-refractivity contribution in [3.63, 3.8) is 0 Å². The first-order valence-corrected chi connectivity index (χ1v) is 8.48. The van der Waals surface area contributed by atoms with Gasteiger partial charge in [0.05, 0.1) is 18.0 Å². The molecule has 2 aromatic carbocycles. The lowest BCUT2D eigenvalue weighted by Gasteiger charge is -2.09. The third-order valence-electron chi connectivity index (χ3n) is 3.84.